The summed E-state index contributed by atoms with van der Waals surface area (Å²) >= 11 is 0. The van der Waals surface area contributed by atoms with E-state index in [2.05, 4.69) is 9.97 Å². The molecule has 7 heteroatoms. The maximum Gasteiger partial charge on any atom is 0.253 e. The van der Waals surface area contributed by atoms with Gasteiger partial charge in [-0.3, -0.25) is 9.59 Å². The van der Waals surface area contributed by atoms with E-state index in [0.717, 1.165) is 29.7 Å². The van der Waals surface area contributed by atoms with Crippen molar-refractivity contribution in [1.29, 1.82) is 0 Å². The number of primary amides is 1. The number of aromatic nitrogens is 2. The van der Waals surface area contributed by atoms with Gasteiger partial charge in [-0.05, 0) is 42.7 Å². The lowest BCUT2D eigenvalue weighted by atomic mass is 9.89. The Bertz CT molecular complexity index is 1070. The zero-order valence-electron chi connectivity index (χ0n) is 16.5. The van der Waals surface area contributed by atoms with Crippen LogP contribution in [0.3, 0.4) is 0 Å². The molecule has 30 heavy (non-hydrogen) atoms. The molecule has 0 bridgehead atoms. The molecular formula is C23H23N5O2. The van der Waals surface area contributed by atoms with Crippen LogP contribution in [0.5, 0.6) is 0 Å². The Morgan fingerprint density at radius 1 is 1.00 bits per heavy atom. The number of anilines is 1. The molecule has 1 atom stereocenters. The number of amides is 2. The smallest absolute Gasteiger partial charge is 0.253 e. The Kier molecular flexibility index (Phi) is 5.43. The molecule has 1 unspecified atom stereocenters. The molecule has 1 aliphatic heterocycles. The van der Waals surface area contributed by atoms with Gasteiger partial charge in [-0.25, -0.2) is 9.97 Å². The molecule has 3 aromatic rings. The van der Waals surface area contributed by atoms with Gasteiger partial charge in [0.25, 0.3) is 5.91 Å². The van der Waals surface area contributed by atoms with Crippen LogP contribution >= 0.6 is 0 Å². The SMILES string of the molecule is NC(=O)c1ccc(-c2cnc(N)nc2C2CCCN(C(=O)c3ccccc3)C2)cc1. The number of rotatable bonds is 4. The van der Waals surface area contributed by atoms with Crippen molar-refractivity contribution < 1.29 is 9.59 Å². The van der Waals surface area contributed by atoms with E-state index in [4.69, 9.17) is 11.5 Å². The second-order valence-electron chi connectivity index (χ2n) is 7.43. The third-order valence-corrected chi connectivity index (χ3v) is 5.43. The number of likely N-dealkylation sites (tertiary alicyclic amines) is 1. The first kappa shape index (κ1) is 19.6. The number of piperidine rings is 1. The highest BCUT2D eigenvalue weighted by molar-refractivity contribution is 5.94. The summed E-state index contributed by atoms with van der Waals surface area (Å²) in [4.78, 5) is 34.9. The lowest BCUT2D eigenvalue weighted by Crippen LogP contribution is -2.39. The molecule has 2 amide bonds. The second kappa shape index (κ2) is 8.32. The van der Waals surface area contributed by atoms with Crippen molar-refractivity contribution in [2.75, 3.05) is 18.8 Å². The number of nitrogens with zero attached hydrogens (tertiary/aromatic N) is 3. The Morgan fingerprint density at radius 3 is 2.43 bits per heavy atom. The molecule has 0 radical (unpaired) electrons. The minimum absolute atomic E-state index is 0.0229. The van der Waals surface area contributed by atoms with Gasteiger partial charge in [-0.1, -0.05) is 30.3 Å². The van der Waals surface area contributed by atoms with Crippen molar-refractivity contribution in [2.45, 2.75) is 18.8 Å². The summed E-state index contributed by atoms with van der Waals surface area (Å²) in [5, 5.41) is 0. The third-order valence-electron chi connectivity index (χ3n) is 5.43. The normalized spacial score (nSPS) is 16.3. The molecule has 4 rings (SSSR count). The largest absolute Gasteiger partial charge is 0.368 e. The van der Waals surface area contributed by atoms with Gasteiger partial charge in [0.2, 0.25) is 11.9 Å². The molecule has 1 aromatic heterocycles. The number of carbonyl (C=O) groups excluding carboxylic acids is 2. The van der Waals surface area contributed by atoms with E-state index >= 15 is 0 Å². The summed E-state index contributed by atoms with van der Waals surface area (Å²) in [7, 11) is 0. The molecule has 152 valence electrons. The average Bonchev–Trinajstić information content (AvgIpc) is 2.79. The van der Waals surface area contributed by atoms with Crippen molar-refractivity contribution in [3.63, 3.8) is 0 Å². The van der Waals surface area contributed by atoms with E-state index in [9.17, 15) is 9.59 Å². The molecule has 2 heterocycles. The molecule has 0 saturated carbocycles. The predicted molar refractivity (Wildman–Crippen MR) is 115 cm³/mol. The summed E-state index contributed by atoms with van der Waals surface area (Å²) in [6.07, 6.45) is 3.49. The number of hydrogen-bond acceptors (Lipinski definition) is 5. The molecule has 0 aliphatic carbocycles. The Labute approximate surface area is 174 Å². The first-order chi connectivity index (χ1) is 14.5. The van der Waals surface area contributed by atoms with Crippen molar-refractivity contribution in [3.8, 4) is 11.1 Å². The Morgan fingerprint density at radius 2 is 1.73 bits per heavy atom. The fourth-order valence-electron chi connectivity index (χ4n) is 3.91. The van der Waals surface area contributed by atoms with Gasteiger partial charge < -0.3 is 16.4 Å². The van der Waals surface area contributed by atoms with Gasteiger partial charge in [0, 0.05) is 41.9 Å². The zero-order valence-corrected chi connectivity index (χ0v) is 16.5. The summed E-state index contributed by atoms with van der Waals surface area (Å²) in [5.74, 6) is -0.205. The summed E-state index contributed by atoms with van der Waals surface area (Å²) in [6, 6.07) is 16.3. The highest BCUT2D eigenvalue weighted by Gasteiger charge is 2.28. The number of carbonyl (C=O) groups is 2. The first-order valence-electron chi connectivity index (χ1n) is 9.90. The molecule has 1 fully saturated rings. The fourth-order valence-corrected chi connectivity index (χ4v) is 3.91. The second-order valence-corrected chi connectivity index (χ2v) is 7.43. The minimum atomic E-state index is -0.474. The predicted octanol–water partition coefficient (Wildman–Crippen LogP) is 2.84. The van der Waals surface area contributed by atoms with Crippen molar-refractivity contribution in [1.82, 2.24) is 14.9 Å². The number of hydrogen-bond donors (Lipinski definition) is 2. The highest BCUT2D eigenvalue weighted by atomic mass is 16.2. The van der Waals surface area contributed by atoms with Crippen LogP contribution in [0.25, 0.3) is 11.1 Å². The standard InChI is InChI=1S/C23H23N5O2/c24-21(29)16-10-8-15(9-11-16)19-13-26-23(25)27-20(19)18-7-4-12-28(14-18)22(30)17-5-2-1-3-6-17/h1-3,5-6,8-11,13,18H,4,7,12,14H2,(H2,24,29)(H2,25,26,27). The van der Waals surface area contributed by atoms with Crippen LogP contribution in [0, 0.1) is 0 Å². The van der Waals surface area contributed by atoms with Gasteiger partial charge in [-0.2, -0.15) is 0 Å². The lowest BCUT2D eigenvalue weighted by Gasteiger charge is -2.33. The number of benzene rings is 2. The summed E-state index contributed by atoms with van der Waals surface area (Å²) < 4.78 is 0. The third kappa shape index (κ3) is 4.00. The van der Waals surface area contributed by atoms with E-state index in [1.807, 2.05) is 47.4 Å². The first-order valence-corrected chi connectivity index (χ1v) is 9.90. The van der Waals surface area contributed by atoms with Gasteiger partial charge in [0.05, 0.1) is 5.69 Å². The molecule has 4 N–H and O–H groups in total. The van der Waals surface area contributed by atoms with Gasteiger partial charge in [-0.15, -0.1) is 0 Å². The van der Waals surface area contributed by atoms with Crippen LogP contribution in [-0.2, 0) is 0 Å². The van der Waals surface area contributed by atoms with E-state index in [-0.39, 0.29) is 17.8 Å². The fraction of sp³-hybridized carbons (Fsp3) is 0.217. The summed E-state index contributed by atoms with van der Waals surface area (Å²) in [5.41, 5.74) is 14.9. The number of nitrogen functional groups attached to an aromatic ring is 1. The zero-order chi connectivity index (χ0) is 21.1. The van der Waals surface area contributed by atoms with Crippen molar-refractivity contribution >= 4 is 17.8 Å². The monoisotopic (exact) mass is 401 g/mol. The van der Waals surface area contributed by atoms with Gasteiger partial charge in [0.15, 0.2) is 0 Å². The minimum Gasteiger partial charge on any atom is -0.368 e. The van der Waals surface area contributed by atoms with E-state index in [1.165, 1.54) is 0 Å². The van der Waals surface area contributed by atoms with E-state index in [1.54, 1.807) is 18.3 Å². The maximum absolute atomic E-state index is 12.9. The number of nitrogens with two attached hydrogens (primary N) is 2. The molecule has 7 nitrogen and oxygen atoms in total. The quantitative estimate of drug-likeness (QED) is 0.697. The van der Waals surface area contributed by atoms with Crippen LogP contribution in [0.1, 0.15) is 45.2 Å². The van der Waals surface area contributed by atoms with E-state index < -0.39 is 5.91 Å². The van der Waals surface area contributed by atoms with E-state index in [0.29, 0.717) is 24.2 Å². The van der Waals surface area contributed by atoms with Crippen LogP contribution in [0.2, 0.25) is 0 Å². The highest BCUT2D eigenvalue weighted by Crippen LogP contribution is 2.33. The van der Waals surface area contributed by atoms with Crippen LogP contribution in [0.4, 0.5) is 5.95 Å². The topological polar surface area (TPSA) is 115 Å². The van der Waals surface area contributed by atoms with Crippen LogP contribution in [0.15, 0.2) is 60.8 Å². The van der Waals surface area contributed by atoms with Gasteiger partial charge >= 0.3 is 0 Å². The Balaban J connectivity index is 1.64. The molecule has 2 aromatic carbocycles. The van der Waals surface area contributed by atoms with Crippen molar-refractivity contribution in [3.05, 3.63) is 77.6 Å². The summed E-state index contributed by atoms with van der Waals surface area (Å²) in [6.45, 7) is 1.28. The van der Waals surface area contributed by atoms with Gasteiger partial charge in [0.1, 0.15) is 0 Å². The molecule has 0 spiro atoms. The molecule has 1 saturated heterocycles. The maximum atomic E-state index is 12.9. The van der Waals surface area contributed by atoms with Crippen LogP contribution in [-0.4, -0.2) is 39.8 Å². The lowest BCUT2D eigenvalue weighted by molar-refractivity contribution is 0.0706. The Hall–Kier alpha value is -3.74. The average molecular weight is 401 g/mol. The molecular weight excluding hydrogens is 378 g/mol. The molecule has 1 aliphatic rings. The van der Waals surface area contributed by atoms with Crippen molar-refractivity contribution in [2.24, 2.45) is 5.73 Å². The van der Waals surface area contributed by atoms with Crippen LogP contribution < -0.4 is 11.5 Å².